The summed E-state index contributed by atoms with van der Waals surface area (Å²) in [6.45, 7) is 16.5. The zero-order valence-corrected chi connectivity index (χ0v) is 14.7. The van der Waals surface area contributed by atoms with Gasteiger partial charge in [0.2, 0.25) is 0 Å². The molecule has 0 aromatic heterocycles. The largest absolute Gasteiger partial charge is 0.333 e. The third kappa shape index (κ3) is 4.65. The van der Waals surface area contributed by atoms with E-state index in [0.29, 0.717) is 17.9 Å². The van der Waals surface area contributed by atoms with E-state index in [4.69, 9.17) is 0 Å². The molecular weight excluding hydrogens is 256 g/mol. The van der Waals surface area contributed by atoms with Crippen molar-refractivity contribution in [1.82, 2.24) is 9.80 Å². The van der Waals surface area contributed by atoms with Crippen molar-refractivity contribution >= 4 is 0 Å². The first kappa shape index (κ1) is 16.7. The number of likely N-dealkylation sites (tertiary alicyclic amines) is 2. The highest BCUT2D eigenvalue weighted by Gasteiger charge is 2.26. The third-order valence-electron chi connectivity index (χ3n) is 5.56. The van der Waals surface area contributed by atoms with Crippen LogP contribution in [0, 0.1) is 35.6 Å². The summed E-state index contributed by atoms with van der Waals surface area (Å²) in [4.78, 5) is 4.97. The molecule has 2 heterocycles. The summed E-state index contributed by atoms with van der Waals surface area (Å²) in [6.07, 6.45) is 3.90. The maximum Gasteiger partial charge on any atom is 0.0271 e. The van der Waals surface area contributed by atoms with E-state index in [1.54, 1.807) is 0 Å². The molecule has 0 aromatic carbocycles. The lowest BCUT2D eigenvalue weighted by Gasteiger charge is -2.37. The summed E-state index contributed by atoms with van der Waals surface area (Å²) in [6, 6.07) is 4.17. The van der Waals surface area contributed by atoms with Crippen molar-refractivity contribution in [3.05, 3.63) is 0 Å². The first-order valence-electron chi connectivity index (χ1n) is 8.97. The minimum Gasteiger partial charge on any atom is -0.333 e. The van der Waals surface area contributed by atoms with E-state index in [2.05, 4.69) is 56.4 Å². The molecule has 0 amide bonds. The van der Waals surface area contributed by atoms with Crippen molar-refractivity contribution in [3.8, 4) is 12.0 Å². The normalized spacial score (nSPS) is 28.8. The van der Waals surface area contributed by atoms with E-state index in [-0.39, 0.29) is 0 Å². The fourth-order valence-electron chi connectivity index (χ4n) is 3.71. The second kappa shape index (κ2) is 7.54. The minimum absolute atomic E-state index is 0.600. The molecule has 2 atom stereocenters. The molecule has 0 radical (unpaired) electrons. The third-order valence-corrected chi connectivity index (χ3v) is 5.56. The lowest BCUT2D eigenvalue weighted by atomic mass is 9.86. The summed E-state index contributed by atoms with van der Waals surface area (Å²) in [7, 11) is 0. The van der Waals surface area contributed by atoms with Gasteiger partial charge in [-0.1, -0.05) is 26.7 Å². The predicted octanol–water partition coefficient (Wildman–Crippen LogP) is 3.68. The molecule has 0 saturated carbocycles. The van der Waals surface area contributed by atoms with E-state index >= 15 is 0 Å². The van der Waals surface area contributed by atoms with Gasteiger partial charge in [0.1, 0.15) is 0 Å². The molecule has 2 nitrogen and oxygen atoms in total. The highest BCUT2D eigenvalue weighted by molar-refractivity contribution is 5.07. The standard InChI is InChI=1S/C19H34N2/c1-15(2)18-6-10-20(11-7-18)12-8-19-9-13-21(16(3)4)14-17(19)5/h15-19H,6-7,9-11,13-14H2,1-5H3/t17-,19?/m0/s1. The van der Waals surface area contributed by atoms with Crippen LogP contribution in [-0.4, -0.2) is 42.0 Å². The number of nitrogens with zero attached hydrogens (tertiary/aromatic N) is 2. The van der Waals surface area contributed by atoms with Gasteiger partial charge in [0, 0.05) is 37.6 Å². The Balaban J connectivity index is 1.81. The zero-order chi connectivity index (χ0) is 15.4. The monoisotopic (exact) mass is 290 g/mol. The summed E-state index contributed by atoms with van der Waals surface area (Å²) < 4.78 is 0. The van der Waals surface area contributed by atoms with Crippen molar-refractivity contribution < 1.29 is 0 Å². The van der Waals surface area contributed by atoms with Crippen molar-refractivity contribution in [2.75, 3.05) is 26.2 Å². The van der Waals surface area contributed by atoms with Crippen LogP contribution >= 0.6 is 0 Å². The maximum absolute atomic E-state index is 3.59. The van der Waals surface area contributed by atoms with Crippen LogP contribution in [0.4, 0.5) is 0 Å². The molecule has 21 heavy (non-hydrogen) atoms. The molecule has 2 aliphatic rings. The first-order valence-corrected chi connectivity index (χ1v) is 8.97. The van der Waals surface area contributed by atoms with Gasteiger partial charge in [-0.15, -0.1) is 0 Å². The van der Waals surface area contributed by atoms with E-state index in [0.717, 1.165) is 11.8 Å². The molecule has 2 saturated heterocycles. The minimum atomic E-state index is 0.600. The van der Waals surface area contributed by atoms with Gasteiger partial charge in [-0.25, -0.2) is 0 Å². The van der Waals surface area contributed by atoms with Gasteiger partial charge < -0.3 is 9.80 Å². The van der Waals surface area contributed by atoms with Crippen LogP contribution in [0.1, 0.15) is 53.9 Å². The van der Waals surface area contributed by atoms with Crippen LogP contribution < -0.4 is 0 Å². The average Bonchev–Trinajstić information content (AvgIpc) is 2.46. The van der Waals surface area contributed by atoms with Gasteiger partial charge >= 0.3 is 0 Å². The molecule has 0 N–H and O–H groups in total. The van der Waals surface area contributed by atoms with Crippen LogP contribution in [0.3, 0.4) is 0 Å². The number of piperidine rings is 2. The second-order valence-electron chi connectivity index (χ2n) is 7.79. The van der Waals surface area contributed by atoms with E-state index < -0.39 is 0 Å². The predicted molar refractivity (Wildman–Crippen MR) is 90.9 cm³/mol. The van der Waals surface area contributed by atoms with Gasteiger partial charge in [-0.05, 0) is 57.4 Å². The molecule has 0 aromatic rings. The van der Waals surface area contributed by atoms with Crippen LogP contribution in [0.25, 0.3) is 0 Å². The van der Waals surface area contributed by atoms with Crippen molar-refractivity contribution in [2.24, 2.45) is 23.7 Å². The lowest BCUT2D eigenvalue weighted by molar-refractivity contribution is 0.123. The van der Waals surface area contributed by atoms with Crippen LogP contribution in [0.2, 0.25) is 0 Å². The fraction of sp³-hybridized carbons (Fsp3) is 0.895. The lowest BCUT2D eigenvalue weighted by Crippen LogP contribution is -2.42. The molecular formula is C19H34N2. The fourth-order valence-corrected chi connectivity index (χ4v) is 3.71. The maximum atomic E-state index is 3.59. The van der Waals surface area contributed by atoms with Gasteiger partial charge in [-0.3, -0.25) is 0 Å². The highest BCUT2D eigenvalue weighted by Crippen LogP contribution is 2.25. The van der Waals surface area contributed by atoms with Crippen molar-refractivity contribution in [2.45, 2.75) is 59.9 Å². The van der Waals surface area contributed by atoms with E-state index in [1.807, 2.05) is 0 Å². The first-order chi connectivity index (χ1) is 9.97. The Bertz CT molecular complexity index is 369. The van der Waals surface area contributed by atoms with Gasteiger partial charge in [0.05, 0.1) is 0 Å². The van der Waals surface area contributed by atoms with E-state index in [9.17, 15) is 0 Å². The molecule has 0 spiro atoms. The van der Waals surface area contributed by atoms with Gasteiger partial charge in [0.15, 0.2) is 0 Å². The zero-order valence-electron chi connectivity index (χ0n) is 14.7. The van der Waals surface area contributed by atoms with Crippen LogP contribution in [0.15, 0.2) is 0 Å². The van der Waals surface area contributed by atoms with E-state index in [1.165, 1.54) is 45.4 Å². The average molecular weight is 290 g/mol. The summed E-state index contributed by atoms with van der Waals surface area (Å²) >= 11 is 0. The van der Waals surface area contributed by atoms with Gasteiger partial charge in [0.25, 0.3) is 0 Å². The molecule has 1 unspecified atom stereocenters. The highest BCUT2D eigenvalue weighted by atomic mass is 15.2. The molecule has 2 fully saturated rings. The number of hydrogen-bond acceptors (Lipinski definition) is 2. The Morgan fingerprint density at radius 1 is 0.952 bits per heavy atom. The second-order valence-corrected chi connectivity index (χ2v) is 7.79. The Labute approximate surface area is 132 Å². The molecule has 2 rings (SSSR count). The Morgan fingerprint density at radius 3 is 2.14 bits per heavy atom. The quantitative estimate of drug-likeness (QED) is 0.716. The summed E-state index contributed by atoms with van der Waals surface area (Å²) in [5.41, 5.74) is 0. The summed E-state index contributed by atoms with van der Waals surface area (Å²) in [5.74, 6) is 6.65. The Kier molecular flexibility index (Phi) is 5.99. The van der Waals surface area contributed by atoms with Crippen LogP contribution in [0.5, 0.6) is 0 Å². The molecule has 2 heteroatoms. The number of hydrogen-bond donors (Lipinski definition) is 0. The van der Waals surface area contributed by atoms with Crippen molar-refractivity contribution in [3.63, 3.8) is 0 Å². The molecule has 0 aliphatic carbocycles. The smallest absolute Gasteiger partial charge is 0.0271 e. The Hall–Kier alpha value is -0.680. The van der Waals surface area contributed by atoms with Gasteiger partial charge in [-0.2, -0.15) is 0 Å². The van der Waals surface area contributed by atoms with Crippen molar-refractivity contribution in [1.29, 1.82) is 0 Å². The number of rotatable bonds is 2. The van der Waals surface area contributed by atoms with Crippen LogP contribution in [-0.2, 0) is 0 Å². The summed E-state index contributed by atoms with van der Waals surface area (Å²) in [5, 5.41) is 0. The topological polar surface area (TPSA) is 6.48 Å². The SMILES string of the molecule is CC(C)C1CCN(C#CC2CCN(C(C)C)C[C@@H]2C)CC1. The molecule has 0 bridgehead atoms. The Morgan fingerprint density at radius 2 is 1.62 bits per heavy atom. The molecule has 2 aliphatic heterocycles. The molecule has 120 valence electrons.